The van der Waals surface area contributed by atoms with Gasteiger partial charge in [0.25, 0.3) is 5.91 Å². The second-order valence-corrected chi connectivity index (χ2v) is 4.73. The van der Waals surface area contributed by atoms with Crippen molar-refractivity contribution in [2.75, 3.05) is 13.1 Å². The van der Waals surface area contributed by atoms with Crippen LogP contribution in [-0.2, 0) is 19.1 Å². The van der Waals surface area contributed by atoms with Gasteiger partial charge in [0.15, 0.2) is 12.1 Å². The molecule has 1 rings (SSSR count). The van der Waals surface area contributed by atoms with E-state index in [1.54, 1.807) is 0 Å². The number of carboxylic acid groups (broad SMARTS) is 1. The summed E-state index contributed by atoms with van der Waals surface area (Å²) >= 11 is 0. The number of ether oxygens (including phenoxy) is 1. The summed E-state index contributed by atoms with van der Waals surface area (Å²) in [6.07, 6.45) is -0.204. The highest BCUT2D eigenvalue weighted by Gasteiger charge is 2.41. The van der Waals surface area contributed by atoms with Crippen LogP contribution in [-0.4, -0.2) is 60.1 Å². The molecule has 0 aromatic carbocycles. The molecule has 11 heteroatoms. The van der Waals surface area contributed by atoms with E-state index in [0.717, 1.165) is 6.08 Å². The fraction of sp³-hybridized carbons (Fsp3) is 0.500. The Balaban J connectivity index is 3.20. The Morgan fingerprint density at radius 2 is 2.04 bits per heavy atom. The molecule has 0 spiro atoms. The second-order valence-electron chi connectivity index (χ2n) is 4.73. The lowest BCUT2D eigenvalue weighted by molar-refractivity contribution is -0.143. The molecule has 1 aliphatic rings. The minimum atomic E-state index is -1.39. The van der Waals surface area contributed by atoms with E-state index in [2.05, 4.69) is 15.6 Å². The summed E-state index contributed by atoms with van der Waals surface area (Å²) < 4.78 is 5.18. The van der Waals surface area contributed by atoms with Crippen molar-refractivity contribution in [3.63, 3.8) is 0 Å². The van der Waals surface area contributed by atoms with E-state index in [1.807, 2.05) is 0 Å². The number of hydrogen-bond donors (Lipinski definition) is 6. The second kappa shape index (κ2) is 7.98. The van der Waals surface area contributed by atoms with Gasteiger partial charge < -0.3 is 37.7 Å². The third-order valence-corrected chi connectivity index (χ3v) is 2.85. The van der Waals surface area contributed by atoms with Gasteiger partial charge >= 0.3 is 5.97 Å². The molecule has 0 fully saturated rings. The number of nitrogens with zero attached hydrogens (tertiary/aromatic N) is 1. The van der Waals surface area contributed by atoms with Crippen molar-refractivity contribution in [1.29, 1.82) is 0 Å². The van der Waals surface area contributed by atoms with Gasteiger partial charge in [-0.2, -0.15) is 0 Å². The third-order valence-electron chi connectivity index (χ3n) is 2.85. The zero-order valence-corrected chi connectivity index (χ0v) is 12.5. The molecule has 9 N–H and O–H groups in total. The van der Waals surface area contributed by atoms with Crippen LogP contribution in [0.5, 0.6) is 0 Å². The molecule has 0 saturated heterocycles. The largest absolute Gasteiger partial charge is 0.475 e. The van der Waals surface area contributed by atoms with Crippen molar-refractivity contribution in [3.05, 3.63) is 11.8 Å². The van der Waals surface area contributed by atoms with Crippen LogP contribution in [0.3, 0.4) is 0 Å². The van der Waals surface area contributed by atoms with Crippen LogP contribution in [0.15, 0.2) is 16.8 Å². The Kier molecular flexibility index (Phi) is 6.33. The first-order chi connectivity index (χ1) is 10.8. The quantitative estimate of drug-likeness (QED) is 0.214. The van der Waals surface area contributed by atoms with Gasteiger partial charge in [-0.1, -0.05) is 0 Å². The Bertz CT molecular complexity index is 542. The molecule has 0 bridgehead atoms. The van der Waals surface area contributed by atoms with Crippen LogP contribution in [0.1, 0.15) is 6.92 Å². The summed E-state index contributed by atoms with van der Waals surface area (Å²) in [4.78, 5) is 38.6. The monoisotopic (exact) mass is 328 g/mol. The van der Waals surface area contributed by atoms with Crippen LogP contribution in [0.2, 0.25) is 0 Å². The molecule has 0 radical (unpaired) electrons. The number of aliphatic imine (C=N–C) groups is 1. The average molecular weight is 328 g/mol. The van der Waals surface area contributed by atoms with Crippen molar-refractivity contribution in [3.8, 4) is 0 Å². The molecule has 2 amide bonds. The molecule has 3 atom stereocenters. The molecule has 0 unspecified atom stereocenters. The maximum Gasteiger partial charge on any atom is 0.370 e. The first kappa shape index (κ1) is 18.2. The molecule has 23 heavy (non-hydrogen) atoms. The van der Waals surface area contributed by atoms with Crippen molar-refractivity contribution >= 4 is 23.7 Å². The summed E-state index contributed by atoms with van der Waals surface area (Å²) in [7, 11) is 0. The molecule has 0 aromatic rings. The number of nitrogens with two attached hydrogens (primary N) is 3. The van der Waals surface area contributed by atoms with E-state index in [0.29, 0.717) is 0 Å². The molecule has 1 aliphatic heterocycles. The Morgan fingerprint density at radius 3 is 2.52 bits per heavy atom. The zero-order valence-electron chi connectivity index (χ0n) is 12.5. The Labute approximate surface area is 131 Å². The number of guanidine groups is 1. The van der Waals surface area contributed by atoms with E-state index < -0.39 is 41.7 Å². The molecular weight excluding hydrogens is 308 g/mol. The minimum Gasteiger partial charge on any atom is -0.475 e. The van der Waals surface area contributed by atoms with Gasteiger partial charge in [0.05, 0.1) is 0 Å². The predicted octanol–water partition coefficient (Wildman–Crippen LogP) is -3.42. The highest BCUT2D eigenvalue weighted by Crippen LogP contribution is 2.21. The Hall–Kier alpha value is -2.82. The van der Waals surface area contributed by atoms with Gasteiger partial charge in [-0.25, -0.2) is 9.79 Å². The SMILES string of the molecule is CC(=O)N[C@@H]1[C@@H](C(=O)NCCN)OC(C(=O)O)=C[C@H]1N=C(N)N. The van der Waals surface area contributed by atoms with Crippen LogP contribution in [0.4, 0.5) is 0 Å². The molecule has 128 valence electrons. The minimum absolute atomic E-state index is 0.157. The van der Waals surface area contributed by atoms with Crippen molar-refractivity contribution in [2.45, 2.75) is 25.1 Å². The number of hydrogen-bond acceptors (Lipinski definition) is 6. The van der Waals surface area contributed by atoms with E-state index >= 15 is 0 Å². The smallest absolute Gasteiger partial charge is 0.370 e. The standard InChI is InChI=1S/C12H20N6O5/c1-5(19)17-8-6(18-12(14)15)4-7(11(21)22)23-9(8)10(20)16-3-2-13/h4,6,8-9H,2-3,13H2,1H3,(H,16,20)(H,17,19)(H,21,22)(H4,14,15,18)/t6-,8+,9+/m1/s1. The average Bonchev–Trinajstić information content (AvgIpc) is 2.44. The highest BCUT2D eigenvalue weighted by atomic mass is 16.5. The number of aliphatic carboxylic acids is 1. The normalized spacial score (nSPS) is 23.0. The lowest BCUT2D eigenvalue weighted by atomic mass is 9.97. The van der Waals surface area contributed by atoms with Crippen molar-refractivity contribution < 1.29 is 24.2 Å². The zero-order chi connectivity index (χ0) is 17.6. The summed E-state index contributed by atoms with van der Waals surface area (Å²) in [6.45, 7) is 1.57. The summed E-state index contributed by atoms with van der Waals surface area (Å²) in [5, 5.41) is 14.1. The maximum absolute atomic E-state index is 12.2. The lowest BCUT2D eigenvalue weighted by Gasteiger charge is -2.34. The number of carbonyl (C=O) groups is 3. The lowest BCUT2D eigenvalue weighted by Crippen LogP contribution is -2.58. The van der Waals surface area contributed by atoms with E-state index in [-0.39, 0.29) is 19.0 Å². The molecule has 0 saturated carbocycles. The number of carboxylic acids is 1. The predicted molar refractivity (Wildman–Crippen MR) is 79.9 cm³/mol. The molecular formula is C12H20N6O5. The number of amides is 2. The van der Waals surface area contributed by atoms with E-state index in [1.165, 1.54) is 6.92 Å². The number of rotatable bonds is 6. The molecule has 11 nitrogen and oxygen atoms in total. The summed E-state index contributed by atoms with van der Waals surface area (Å²) in [5.74, 6) is -3.31. The molecule has 0 aromatic heterocycles. The van der Waals surface area contributed by atoms with Gasteiger partial charge in [0.2, 0.25) is 11.7 Å². The summed E-state index contributed by atoms with van der Waals surface area (Å²) in [5.41, 5.74) is 15.9. The van der Waals surface area contributed by atoms with Gasteiger partial charge in [0, 0.05) is 20.0 Å². The van der Waals surface area contributed by atoms with Crippen molar-refractivity contribution in [1.82, 2.24) is 10.6 Å². The Morgan fingerprint density at radius 1 is 1.39 bits per heavy atom. The van der Waals surface area contributed by atoms with Gasteiger partial charge in [-0.05, 0) is 6.08 Å². The maximum atomic E-state index is 12.2. The first-order valence-electron chi connectivity index (χ1n) is 6.71. The fourth-order valence-corrected chi connectivity index (χ4v) is 2.01. The van der Waals surface area contributed by atoms with Gasteiger partial charge in [-0.15, -0.1) is 0 Å². The highest BCUT2D eigenvalue weighted by molar-refractivity contribution is 5.89. The fourth-order valence-electron chi connectivity index (χ4n) is 2.01. The molecule has 1 heterocycles. The van der Waals surface area contributed by atoms with Crippen LogP contribution >= 0.6 is 0 Å². The van der Waals surface area contributed by atoms with Crippen molar-refractivity contribution in [2.24, 2.45) is 22.2 Å². The van der Waals surface area contributed by atoms with Crippen LogP contribution in [0, 0.1) is 0 Å². The van der Waals surface area contributed by atoms with Crippen LogP contribution in [0.25, 0.3) is 0 Å². The van der Waals surface area contributed by atoms with E-state index in [4.69, 9.17) is 27.0 Å². The molecule has 0 aliphatic carbocycles. The van der Waals surface area contributed by atoms with Crippen LogP contribution < -0.4 is 27.8 Å². The number of carbonyl (C=O) groups excluding carboxylic acids is 2. The third kappa shape index (κ3) is 5.14. The number of nitrogens with one attached hydrogen (secondary N) is 2. The van der Waals surface area contributed by atoms with Gasteiger partial charge in [0.1, 0.15) is 12.1 Å². The topological polar surface area (TPSA) is 195 Å². The van der Waals surface area contributed by atoms with Gasteiger partial charge in [-0.3, -0.25) is 9.59 Å². The van der Waals surface area contributed by atoms with E-state index in [9.17, 15) is 14.4 Å². The summed E-state index contributed by atoms with van der Waals surface area (Å²) in [6, 6.07) is -1.95. The first-order valence-corrected chi connectivity index (χ1v) is 6.71.